The van der Waals surface area contributed by atoms with Crippen molar-refractivity contribution in [2.45, 2.75) is 17.7 Å². The van der Waals surface area contributed by atoms with Crippen LogP contribution in [0, 0.1) is 10.1 Å². The standard InChI is InChI=1S/C12H14N2O7S/c1-22(20,21)10-6-8(5-9(7-10)14(18)19)12(17)13-4-2-3-11(15)16/h5-7H,2-4H2,1H3,(H,13,17)(H,15,16). The van der Waals surface area contributed by atoms with E-state index in [4.69, 9.17) is 5.11 Å². The van der Waals surface area contributed by atoms with Gasteiger partial charge < -0.3 is 10.4 Å². The van der Waals surface area contributed by atoms with Crippen molar-refractivity contribution in [3.8, 4) is 0 Å². The molecule has 0 spiro atoms. The number of hydrogen-bond donors (Lipinski definition) is 2. The van der Waals surface area contributed by atoms with Crippen LogP contribution in [0.3, 0.4) is 0 Å². The van der Waals surface area contributed by atoms with Crippen molar-refractivity contribution in [3.05, 3.63) is 33.9 Å². The topological polar surface area (TPSA) is 144 Å². The number of rotatable bonds is 7. The Morgan fingerprint density at radius 3 is 2.45 bits per heavy atom. The molecule has 0 bridgehead atoms. The first-order chi connectivity index (χ1) is 10.1. The zero-order chi connectivity index (χ0) is 16.9. The van der Waals surface area contributed by atoms with Gasteiger partial charge in [0.2, 0.25) is 0 Å². The molecule has 2 N–H and O–H groups in total. The van der Waals surface area contributed by atoms with Gasteiger partial charge in [0.25, 0.3) is 11.6 Å². The Morgan fingerprint density at radius 2 is 1.95 bits per heavy atom. The number of carboxylic acid groups (broad SMARTS) is 1. The number of nitro groups is 1. The van der Waals surface area contributed by atoms with Gasteiger partial charge in [0.1, 0.15) is 0 Å². The number of nitrogens with one attached hydrogen (secondary N) is 1. The van der Waals surface area contributed by atoms with E-state index in [0.717, 1.165) is 24.5 Å². The first-order valence-corrected chi connectivity index (χ1v) is 8.00. The van der Waals surface area contributed by atoms with Gasteiger partial charge in [0, 0.05) is 36.9 Å². The fourth-order valence-corrected chi connectivity index (χ4v) is 2.25. The number of sulfone groups is 1. The summed E-state index contributed by atoms with van der Waals surface area (Å²) in [7, 11) is -3.71. The molecule has 0 unspecified atom stereocenters. The number of benzene rings is 1. The minimum atomic E-state index is -3.71. The molecule has 0 aliphatic carbocycles. The highest BCUT2D eigenvalue weighted by molar-refractivity contribution is 7.90. The van der Waals surface area contributed by atoms with Crippen molar-refractivity contribution in [1.82, 2.24) is 5.32 Å². The smallest absolute Gasteiger partial charge is 0.303 e. The van der Waals surface area contributed by atoms with Crippen molar-refractivity contribution in [2.24, 2.45) is 0 Å². The van der Waals surface area contributed by atoms with Gasteiger partial charge in [-0.25, -0.2) is 8.42 Å². The van der Waals surface area contributed by atoms with Crippen LogP contribution in [0.25, 0.3) is 0 Å². The molecule has 120 valence electrons. The third kappa shape index (κ3) is 5.13. The maximum absolute atomic E-state index is 11.9. The van der Waals surface area contributed by atoms with Crippen LogP contribution in [0.4, 0.5) is 5.69 Å². The van der Waals surface area contributed by atoms with Crippen LogP contribution in [0.5, 0.6) is 0 Å². The molecule has 22 heavy (non-hydrogen) atoms. The summed E-state index contributed by atoms with van der Waals surface area (Å²) in [5.41, 5.74) is -0.691. The SMILES string of the molecule is CS(=O)(=O)c1cc(C(=O)NCCCC(=O)O)cc([N+](=O)[O-])c1. The Labute approximate surface area is 126 Å². The molecule has 0 saturated heterocycles. The molecule has 1 aromatic carbocycles. The molecule has 0 fully saturated rings. The average molecular weight is 330 g/mol. The number of nitro benzene ring substituents is 1. The van der Waals surface area contributed by atoms with Crippen LogP contribution in [-0.4, -0.2) is 43.1 Å². The summed E-state index contributed by atoms with van der Waals surface area (Å²) in [6.45, 7) is 0.0576. The minimum Gasteiger partial charge on any atom is -0.481 e. The summed E-state index contributed by atoms with van der Waals surface area (Å²) < 4.78 is 23.0. The normalized spacial score (nSPS) is 11.0. The predicted molar refractivity (Wildman–Crippen MR) is 75.4 cm³/mol. The number of amides is 1. The second-order valence-corrected chi connectivity index (χ2v) is 6.51. The summed E-state index contributed by atoms with van der Waals surface area (Å²) in [6, 6.07) is 2.87. The van der Waals surface area contributed by atoms with Crippen LogP contribution in [0.2, 0.25) is 0 Å². The lowest BCUT2D eigenvalue weighted by Gasteiger charge is -2.06. The van der Waals surface area contributed by atoms with Gasteiger partial charge in [0.15, 0.2) is 9.84 Å². The average Bonchev–Trinajstić information content (AvgIpc) is 2.41. The van der Waals surface area contributed by atoms with Crippen LogP contribution in [0.15, 0.2) is 23.1 Å². The molecule has 0 aromatic heterocycles. The minimum absolute atomic E-state index is 0.0576. The quantitative estimate of drug-likeness (QED) is 0.423. The lowest BCUT2D eigenvalue weighted by molar-refractivity contribution is -0.385. The predicted octanol–water partition coefficient (Wildman–Crippen LogP) is 0.593. The van der Waals surface area contributed by atoms with Gasteiger partial charge in [0.05, 0.1) is 9.82 Å². The van der Waals surface area contributed by atoms with Crippen LogP contribution in [0.1, 0.15) is 23.2 Å². The fraction of sp³-hybridized carbons (Fsp3) is 0.333. The van der Waals surface area contributed by atoms with Gasteiger partial charge in [-0.05, 0) is 12.5 Å². The number of carboxylic acids is 1. The number of aliphatic carboxylic acids is 1. The molecular formula is C12H14N2O7S. The number of non-ortho nitro benzene ring substituents is 1. The molecule has 1 aromatic rings. The number of carbonyl (C=O) groups excluding carboxylic acids is 1. The highest BCUT2D eigenvalue weighted by Gasteiger charge is 2.18. The maximum Gasteiger partial charge on any atom is 0.303 e. The second-order valence-electron chi connectivity index (χ2n) is 4.50. The Balaban J connectivity index is 2.98. The number of hydrogen-bond acceptors (Lipinski definition) is 6. The summed E-state index contributed by atoms with van der Waals surface area (Å²) in [4.78, 5) is 31.9. The summed E-state index contributed by atoms with van der Waals surface area (Å²) >= 11 is 0. The van der Waals surface area contributed by atoms with E-state index in [1.54, 1.807) is 0 Å². The molecule has 0 heterocycles. The number of carbonyl (C=O) groups is 2. The van der Waals surface area contributed by atoms with E-state index in [9.17, 15) is 28.1 Å². The Morgan fingerprint density at radius 1 is 1.32 bits per heavy atom. The van der Waals surface area contributed by atoms with E-state index in [2.05, 4.69) is 5.32 Å². The summed E-state index contributed by atoms with van der Waals surface area (Å²) in [5.74, 6) is -1.72. The number of nitrogens with zero attached hydrogens (tertiary/aromatic N) is 1. The molecule has 0 atom stereocenters. The summed E-state index contributed by atoms with van der Waals surface area (Å²) in [5, 5.41) is 21.6. The molecular weight excluding hydrogens is 316 g/mol. The van der Waals surface area contributed by atoms with E-state index in [0.29, 0.717) is 0 Å². The third-order valence-electron chi connectivity index (χ3n) is 2.65. The van der Waals surface area contributed by atoms with E-state index >= 15 is 0 Å². The van der Waals surface area contributed by atoms with Gasteiger partial charge in [-0.3, -0.25) is 19.7 Å². The van der Waals surface area contributed by atoms with E-state index < -0.39 is 32.3 Å². The Bertz CT molecular complexity index is 712. The summed E-state index contributed by atoms with van der Waals surface area (Å²) in [6.07, 6.45) is 0.930. The molecule has 9 nitrogen and oxygen atoms in total. The van der Waals surface area contributed by atoms with Crippen LogP contribution in [-0.2, 0) is 14.6 Å². The van der Waals surface area contributed by atoms with Gasteiger partial charge >= 0.3 is 5.97 Å². The Kier molecular flexibility index (Phi) is 5.57. The van der Waals surface area contributed by atoms with Crippen molar-refractivity contribution in [3.63, 3.8) is 0 Å². The van der Waals surface area contributed by atoms with Gasteiger partial charge in [-0.15, -0.1) is 0 Å². The zero-order valence-corrected chi connectivity index (χ0v) is 12.4. The van der Waals surface area contributed by atoms with Gasteiger partial charge in [-0.1, -0.05) is 0 Å². The maximum atomic E-state index is 11.9. The molecule has 0 saturated carbocycles. The van der Waals surface area contributed by atoms with Gasteiger partial charge in [-0.2, -0.15) is 0 Å². The fourth-order valence-electron chi connectivity index (χ4n) is 1.58. The highest BCUT2D eigenvalue weighted by atomic mass is 32.2. The second kappa shape index (κ2) is 6.98. The molecule has 1 amide bonds. The van der Waals surface area contributed by atoms with Crippen molar-refractivity contribution < 1.29 is 28.0 Å². The zero-order valence-electron chi connectivity index (χ0n) is 11.6. The molecule has 10 heteroatoms. The molecule has 0 radical (unpaired) electrons. The van der Waals surface area contributed by atoms with Crippen molar-refractivity contribution in [2.75, 3.05) is 12.8 Å². The lowest BCUT2D eigenvalue weighted by Crippen LogP contribution is -2.25. The molecule has 1 rings (SSSR count). The molecule has 0 aliphatic heterocycles. The van der Waals surface area contributed by atoms with Crippen molar-refractivity contribution in [1.29, 1.82) is 0 Å². The van der Waals surface area contributed by atoms with E-state index in [1.807, 2.05) is 0 Å². The molecule has 0 aliphatic rings. The highest BCUT2D eigenvalue weighted by Crippen LogP contribution is 2.20. The van der Waals surface area contributed by atoms with E-state index in [-0.39, 0.29) is 29.8 Å². The first kappa shape index (κ1) is 17.6. The van der Waals surface area contributed by atoms with E-state index in [1.165, 1.54) is 0 Å². The Hall–Kier alpha value is -2.49. The lowest BCUT2D eigenvalue weighted by atomic mass is 10.2. The third-order valence-corrected chi connectivity index (χ3v) is 3.74. The largest absolute Gasteiger partial charge is 0.481 e. The van der Waals surface area contributed by atoms with Crippen LogP contribution < -0.4 is 5.32 Å². The van der Waals surface area contributed by atoms with Crippen LogP contribution >= 0.6 is 0 Å². The first-order valence-electron chi connectivity index (χ1n) is 6.11. The van der Waals surface area contributed by atoms with Crippen molar-refractivity contribution >= 4 is 27.4 Å². The monoisotopic (exact) mass is 330 g/mol.